The highest BCUT2D eigenvalue weighted by atomic mass is 16.3. The number of benzene rings is 9. The molecule has 0 N–H and O–H groups in total. The lowest BCUT2D eigenvalue weighted by Gasteiger charge is -2.13. The molecule has 0 aliphatic rings. The Morgan fingerprint density at radius 1 is 0.345 bits per heavy atom. The highest BCUT2D eigenvalue weighted by molar-refractivity contribution is 6.26. The van der Waals surface area contributed by atoms with Crippen LogP contribution in [0.25, 0.3) is 111 Å². The summed E-state index contributed by atoms with van der Waals surface area (Å²) in [5.41, 5.74) is 6.22. The molecular weight excluding hydrogens is 671 g/mol. The number of nitrogens with zero attached hydrogens (tertiary/aromatic N) is 3. The van der Waals surface area contributed by atoms with Gasteiger partial charge in [-0.2, -0.15) is 0 Å². The molecule has 256 valence electrons. The van der Waals surface area contributed by atoms with Crippen molar-refractivity contribution >= 4 is 54.3 Å². The van der Waals surface area contributed by atoms with Crippen molar-refractivity contribution in [3.05, 3.63) is 188 Å². The highest BCUT2D eigenvalue weighted by Crippen LogP contribution is 2.43. The van der Waals surface area contributed by atoms with Gasteiger partial charge in [0.2, 0.25) is 0 Å². The van der Waals surface area contributed by atoms with Gasteiger partial charge in [-0.05, 0) is 78.8 Å². The van der Waals surface area contributed by atoms with E-state index in [1.165, 1.54) is 32.3 Å². The number of furan rings is 1. The summed E-state index contributed by atoms with van der Waals surface area (Å²) >= 11 is 0. The topological polar surface area (TPSA) is 51.8 Å². The lowest BCUT2D eigenvalue weighted by Crippen LogP contribution is -2.00. The Hall–Kier alpha value is -7.43. The van der Waals surface area contributed by atoms with Crippen LogP contribution in [-0.2, 0) is 0 Å². The predicted molar refractivity (Wildman–Crippen MR) is 227 cm³/mol. The normalized spacial score (nSPS) is 12.9. The fraction of sp³-hybridized carbons (Fsp3) is 0. The third-order valence-electron chi connectivity index (χ3n) is 10.4. The summed E-state index contributed by atoms with van der Waals surface area (Å²) in [6.07, 6.45) is 0. The lowest BCUT2D eigenvalue weighted by molar-refractivity contribution is 0.669. The summed E-state index contributed by atoms with van der Waals surface area (Å²) < 4.78 is 48.5. The molecule has 11 rings (SSSR count). The Morgan fingerprint density at radius 2 is 0.873 bits per heavy atom. The van der Waals surface area contributed by atoms with Gasteiger partial charge in [0.1, 0.15) is 11.2 Å². The monoisotopic (exact) mass is 706 g/mol. The van der Waals surface area contributed by atoms with E-state index >= 15 is 0 Å². The second kappa shape index (κ2) is 12.6. The predicted octanol–water partition coefficient (Wildman–Crippen LogP) is 13.6. The standard InChI is InChI=1S/C51H31N3O/c1-3-14-32(15-4-1)34-18-11-19-36(30-34)50-52-49(33-16-5-2-6-17-33)53-51(54-50)43-25-13-27-46-48(43)47-37(24-12-26-45(47)55-46)35-28-29-42-40-22-8-7-20-38(40)39-21-9-10-23-41(39)44(42)31-35/h1-31H/i1D,3D,4D,14D,15D. The van der Waals surface area contributed by atoms with E-state index < -0.39 is 18.1 Å². The van der Waals surface area contributed by atoms with Gasteiger partial charge in [-0.3, -0.25) is 0 Å². The first-order valence-electron chi connectivity index (χ1n) is 20.6. The molecule has 4 nitrogen and oxygen atoms in total. The SMILES string of the molecule is [2H]c1c([2H])c([2H])c(-c2cccc(-c3nc(-c4ccccc4)nc(-c4cccc5oc6cccc(-c7ccc8c9ccccc9c9ccccc9c8c7)c6c45)n3)c2)c([2H])c1[2H]. The molecule has 0 aliphatic heterocycles. The van der Waals surface area contributed by atoms with Gasteiger partial charge >= 0.3 is 0 Å². The van der Waals surface area contributed by atoms with Gasteiger partial charge < -0.3 is 4.42 Å². The molecule has 0 aliphatic carbocycles. The van der Waals surface area contributed by atoms with Gasteiger partial charge in [0.15, 0.2) is 17.5 Å². The molecule has 0 bridgehead atoms. The molecule has 0 unspecified atom stereocenters. The Bertz CT molecular complexity index is 3500. The van der Waals surface area contributed by atoms with E-state index in [9.17, 15) is 0 Å². The van der Waals surface area contributed by atoms with Gasteiger partial charge in [0.25, 0.3) is 0 Å². The molecular formula is C51H31N3O. The smallest absolute Gasteiger partial charge is 0.164 e. The summed E-state index contributed by atoms with van der Waals surface area (Å²) in [5.74, 6) is 1.26. The zero-order valence-electron chi connectivity index (χ0n) is 34.3. The number of aromatic nitrogens is 3. The molecule has 0 saturated heterocycles. The number of fused-ring (bicyclic) bond motifs is 9. The van der Waals surface area contributed by atoms with Crippen LogP contribution in [0, 0.1) is 0 Å². The van der Waals surface area contributed by atoms with Crippen LogP contribution in [-0.4, -0.2) is 15.0 Å². The fourth-order valence-corrected chi connectivity index (χ4v) is 7.92. The van der Waals surface area contributed by atoms with Crippen LogP contribution in [0.4, 0.5) is 0 Å². The van der Waals surface area contributed by atoms with Gasteiger partial charge in [-0.25, -0.2) is 15.0 Å². The van der Waals surface area contributed by atoms with Crippen molar-refractivity contribution in [3.8, 4) is 56.4 Å². The largest absolute Gasteiger partial charge is 0.456 e. The molecule has 0 saturated carbocycles. The Labute approximate surface area is 324 Å². The van der Waals surface area contributed by atoms with Gasteiger partial charge in [-0.1, -0.05) is 164 Å². The van der Waals surface area contributed by atoms with Gasteiger partial charge in [-0.15, -0.1) is 0 Å². The maximum atomic E-state index is 8.63. The first-order chi connectivity index (χ1) is 29.3. The second-order valence-electron chi connectivity index (χ2n) is 13.6. The van der Waals surface area contributed by atoms with Crippen molar-refractivity contribution in [3.63, 3.8) is 0 Å². The van der Waals surface area contributed by atoms with E-state index in [1.807, 2.05) is 66.7 Å². The van der Waals surface area contributed by atoms with Crippen LogP contribution in [0.2, 0.25) is 0 Å². The Kier molecular flexibility index (Phi) is 6.04. The van der Waals surface area contributed by atoms with E-state index in [0.717, 1.165) is 38.6 Å². The van der Waals surface area contributed by atoms with Crippen LogP contribution in [0.1, 0.15) is 6.85 Å². The van der Waals surface area contributed by atoms with Crippen LogP contribution < -0.4 is 0 Å². The van der Waals surface area contributed by atoms with Crippen LogP contribution in [0.5, 0.6) is 0 Å². The molecule has 9 aromatic carbocycles. The minimum absolute atomic E-state index is 0.109. The molecule has 2 aromatic heterocycles. The van der Waals surface area contributed by atoms with Crippen LogP contribution in [0.15, 0.2) is 192 Å². The highest BCUT2D eigenvalue weighted by Gasteiger charge is 2.21. The van der Waals surface area contributed by atoms with Crippen molar-refractivity contribution in [2.24, 2.45) is 0 Å². The van der Waals surface area contributed by atoms with Crippen molar-refractivity contribution in [2.75, 3.05) is 0 Å². The van der Waals surface area contributed by atoms with Crippen molar-refractivity contribution in [1.82, 2.24) is 15.0 Å². The molecule has 2 heterocycles. The van der Waals surface area contributed by atoms with Crippen molar-refractivity contribution in [1.29, 1.82) is 0 Å². The van der Waals surface area contributed by atoms with E-state index in [4.69, 9.17) is 26.2 Å². The molecule has 0 spiro atoms. The second-order valence-corrected chi connectivity index (χ2v) is 13.6. The lowest BCUT2D eigenvalue weighted by atomic mass is 9.91. The molecule has 0 fully saturated rings. The molecule has 0 radical (unpaired) electrons. The first kappa shape index (κ1) is 26.4. The van der Waals surface area contributed by atoms with Crippen molar-refractivity contribution in [2.45, 2.75) is 0 Å². The minimum atomic E-state index is -0.439. The summed E-state index contributed by atoms with van der Waals surface area (Å²) in [7, 11) is 0. The average molecular weight is 707 g/mol. The summed E-state index contributed by atoms with van der Waals surface area (Å²) in [4.78, 5) is 15.2. The van der Waals surface area contributed by atoms with E-state index in [1.54, 1.807) is 18.2 Å². The van der Waals surface area contributed by atoms with Gasteiger partial charge in [0, 0.05) is 27.5 Å². The molecule has 4 heteroatoms. The van der Waals surface area contributed by atoms with Crippen LogP contribution >= 0.6 is 0 Å². The minimum Gasteiger partial charge on any atom is -0.456 e. The summed E-state index contributed by atoms with van der Waals surface area (Å²) in [6.45, 7) is 0. The number of hydrogen-bond donors (Lipinski definition) is 0. The zero-order valence-corrected chi connectivity index (χ0v) is 29.3. The summed E-state index contributed by atoms with van der Waals surface area (Å²) in [6, 6.07) is 51.0. The fourth-order valence-electron chi connectivity index (χ4n) is 7.92. The van der Waals surface area contributed by atoms with E-state index in [-0.39, 0.29) is 17.6 Å². The molecule has 0 atom stereocenters. The Balaban J connectivity index is 1.14. The Morgan fingerprint density at radius 3 is 1.58 bits per heavy atom. The maximum Gasteiger partial charge on any atom is 0.164 e. The molecule has 11 aromatic rings. The zero-order chi connectivity index (χ0) is 40.6. The third kappa shape index (κ3) is 5.19. The average Bonchev–Trinajstić information content (AvgIpc) is 3.70. The summed E-state index contributed by atoms with van der Waals surface area (Å²) in [5, 5.41) is 9.03. The number of hydrogen-bond acceptors (Lipinski definition) is 4. The third-order valence-corrected chi connectivity index (χ3v) is 10.4. The first-order valence-corrected chi connectivity index (χ1v) is 18.1. The van der Waals surface area contributed by atoms with E-state index in [0.29, 0.717) is 34.2 Å². The maximum absolute atomic E-state index is 8.63. The van der Waals surface area contributed by atoms with Crippen LogP contribution in [0.3, 0.4) is 0 Å². The quantitative estimate of drug-likeness (QED) is 0.167. The van der Waals surface area contributed by atoms with Gasteiger partial charge in [0.05, 0.1) is 6.85 Å². The van der Waals surface area contributed by atoms with Crippen molar-refractivity contribution < 1.29 is 11.3 Å². The molecule has 0 amide bonds. The van der Waals surface area contributed by atoms with E-state index in [2.05, 4.69) is 72.8 Å². The molecule has 55 heavy (non-hydrogen) atoms. The number of rotatable bonds is 5.